The van der Waals surface area contributed by atoms with Crippen LogP contribution < -0.4 is 14.4 Å². The largest absolute Gasteiger partial charge is 0.478 e. The molecule has 12 nitrogen and oxygen atoms in total. The number of pyridine rings is 3. The molecule has 1 atom stereocenters. The molecule has 0 saturated heterocycles. The van der Waals surface area contributed by atoms with Gasteiger partial charge in [-0.2, -0.15) is 0 Å². The Hall–Kier alpha value is -4.88. The lowest BCUT2D eigenvalue weighted by Crippen LogP contribution is -2.42. The minimum absolute atomic E-state index is 0.0813. The molecule has 260 valence electrons. The highest BCUT2D eigenvalue weighted by molar-refractivity contribution is 7.89. The molecule has 4 rings (SSSR count). The second-order valence-electron chi connectivity index (χ2n) is 13.1. The van der Waals surface area contributed by atoms with E-state index in [0.29, 0.717) is 18.2 Å². The molecule has 1 aromatic carbocycles. The van der Waals surface area contributed by atoms with Crippen LogP contribution in [-0.2, 0) is 30.7 Å². The highest BCUT2D eigenvalue weighted by atomic mass is 32.2. The number of amides is 1. The van der Waals surface area contributed by atoms with Crippen molar-refractivity contribution < 1.29 is 32.2 Å². The summed E-state index contributed by atoms with van der Waals surface area (Å²) in [6.07, 6.45) is 2.46. The molecule has 0 aliphatic rings. The van der Waals surface area contributed by atoms with Crippen molar-refractivity contribution in [3.63, 3.8) is 0 Å². The summed E-state index contributed by atoms with van der Waals surface area (Å²) in [5, 5.41) is -0.158. The van der Waals surface area contributed by atoms with Crippen LogP contribution in [0.25, 0.3) is 11.1 Å². The molecule has 49 heavy (non-hydrogen) atoms. The van der Waals surface area contributed by atoms with Gasteiger partial charge >= 0.3 is 12.1 Å². The number of nitrogens with zero attached hydrogens (tertiary/aromatic N) is 4. The van der Waals surface area contributed by atoms with Crippen molar-refractivity contribution in [2.45, 2.75) is 77.2 Å². The lowest BCUT2D eigenvalue weighted by molar-refractivity contribution is -0.153. The Balaban J connectivity index is 1.71. The molecule has 3 heterocycles. The summed E-state index contributed by atoms with van der Waals surface area (Å²) in [5.41, 5.74) is 1.29. The van der Waals surface area contributed by atoms with Crippen LogP contribution in [0.4, 0.5) is 10.6 Å². The number of benzene rings is 1. The zero-order chi connectivity index (χ0) is 35.8. The molecule has 0 spiro atoms. The van der Waals surface area contributed by atoms with Gasteiger partial charge in [-0.1, -0.05) is 36.4 Å². The smallest absolute Gasteiger partial charge is 0.416 e. The second kappa shape index (κ2) is 15.6. The van der Waals surface area contributed by atoms with Gasteiger partial charge in [-0.15, -0.1) is 0 Å². The Morgan fingerprint density at radius 1 is 0.837 bits per heavy atom. The molecule has 3 aromatic heterocycles. The summed E-state index contributed by atoms with van der Waals surface area (Å²) in [5.74, 6) is -0.0652. The minimum Gasteiger partial charge on any atom is -0.478 e. The van der Waals surface area contributed by atoms with Gasteiger partial charge in [0.2, 0.25) is 5.88 Å². The van der Waals surface area contributed by atoms with Crippen LogP contribution in [0.5, 0.6) is 5.88 Å². The average molecular weight is 690 g/mol. The Morgan fingerprint density at radius 3 is 2.18 bits per heavy atom. The van der Waals surface area contributed by atoms with Crippen molar-refractivity contribution in [3.05, 3.63) is 96.4 Å². The minimum atomic E-state index is -4.10. The van der Waals surface area contributed by atoms with Crippen LogP contribution in [0.1, 0.15) is 65.8 Å². The predicted octanol–water partition coefficient (Wildman–Crippen LogP) is 6.28. The van der Waals surface area contributed by atoms with Crippen LogP contribution in [0.3, 0.4) is 0 Å². The third-order valence-corrected chi connectivity index (χ3v) is 8.06. The van der Waals surface area contributed by atoms with E-state index in [1.54, 1.807) is 78.1 Å². The van der Waals surface area contributed by atoms with Gasteiger partial charge in [0.25, 0.3) is 10.0 Å². The Kier molecular flexibility index (Phi) is 11.7. The molecule has 13 heteroatoms. The predicted molar refractivity (Wildman–Crippen MR) is 186 cm³/mol. The van der Waals surface area contributed by atoms with Crippen molar-refractivity contribution in [3.8, 4) is 17.0 Å². The molecule has 1 unspecified atom stereocenters. The molecule has 0 fully saturated rings. The topological polar surface area (TPSA) is 150 Å². The van der Waals surface area contributed by atoms with Gasteiger partial charge in [0.1, 0.15) is 23.6 Å². The summed E-state index contributed by atoms with van der Waals surface area (Å²) in [7, 11) is -4.10. The van der Waals surface area contributed by atoms with E-state index in [-0.39, 0.29) is 17.3 Å². The van der Waals surface area contributed by atoms with Crippen LogP contribution in [-0.4, -0.2) is 59.8 Å². The summed E-state index contributed by atoms with van der Waals surface area (Å²) in [4.78, 5) is 40.3. The summed E-state index contributed by atoms with van der Waals surface area (Å²) < 4.78 is 46.4. The molecule has 0 bridgehead atoms. The van der Waals surface area contributed by atoms with Gasteiger partial charge in [-0.3, -0.25) is 9.69 Å². The van der Waals surface area contributed by atoms with Gasteiger partial charge in [-0.25, -0.2) is 32.9 Å². The number of ether oxygens (including phenoxy) is 3. The summed E-state index contributed by atoms with van der Waals surface area (Å²) >= 11 is 0. The van der Waals surface area contributed by atoms with E-state index in [2.05, 4.69) is 19.7 Å². The Morgan fingerprint density at radius 2 is 1.55 bits per heavy atom. The van der Waals surface area contributed by atoms with E-state index < -0.39 is 45.9 Å². The van der Waals surface area contributed by atoms with E-state index in [1.807, 2.05) is 43.3 Å². The van der Waals surface area contributed by atoms with Crippen molar-refractivity contribution in [2.24, 2.45) is 0 Å². The fourth-order valence-corrected chi connectivity index (χ4v) is 5.84. The van der Waals surface area contributed by atoms with Crippen LogP contribution in [0.15, 0.2) is 90.2 Å². The van der Waals surface area contributed by atoms with Crippen molar-refractivity contribution in [1.29, 1.82) is 0 Å². The molecule has 0 saturated carbocycles. The van der Waals surface area contributed by atoms with E-state index in [9.17, 15) is 18.0 Å². The maximum atomic E-state index is 13.5. The van der Waals surface area contributed by atoms with Gasteiger partial charge in [0.15, 0.2) is 5.03 Å². The SMILES string of the molecule is CCOc1cc(-c2ccc(CC(NS(=O)(=O)c3ccccn3)c3cccc(N(CC(=O)OC(C)(C)C)C(=O)OC(C)(C)C)n3)cc2)ccn1. The summed E-state index contributed by atoms with van der Waals surface area (Å²) in [6.45, 7) is 12.2. The molecule has 0 aliphatic carbocycles. The molecular formula is C36H43N5O7S. The molecule has 0 aliphatic heterocycles. The third kappa shape index (κ3) is 11.1. The standard InChI is InChI=1S/C36H43N5O7S/c1-8-46-31-23-27(19-21-37-31)26-17-15-25(16-18-26)22-29(40-49(44,45)32-14-9-10-20-38-32)28-12-11-13-30(39-28)41(34(43)48-36(5,6)7)24-33(42)47-35(2,3)4/h9-21,23,29,40H,8,22,24H2,1-7H3. The molecular weight excluding hydrogens is 646 g/mol. The molecule has 1 amide bonds. The van der Waals surface area contributed by atoms with Crippen LogP contribution in [0.2, 0.25) is 0 Å². The number of carbonyl (C=O) groups excluding carboxylic acids is 2. The highest BCUT2D eigenvalue weighted by Gasteiger charge is 2.30. The quantitative estimate of drug-likeness (QED) is 0.168. The zero-order valence-corrected chi connectivity index (χ0v) is 29.7. The first-order valence-corrected chi connectivity index (χ1v) is 17.3. The average Bonchev–Trinajstić information content (AvgIpc) is 3.03. The first kappa shape index (κ1) is 36.9. The first-order valence-electron chi connectivity index (χ1n) is 15.8. The number of hydrogen-bond acceptors (Lipinski definition) is 10. The lowest BCUT2D eigenvalue weighted by atomic mass is 10.00. The van der Waals surface area contributed by atoms with Crippen LogP contribution >= 0.6 is 0 Å². The van der Waals surface area contributed by atoms with E-state index in [1.165, 1.54) is 12.3 Å². The lowest BCUT2D eigenvalue weighted by Gasteiger charge is -2.28. The zero-order valence-electron chi connectivity index (χ0n) is 28.8. The monoisotopic (exact) mass is 689 g/mol. The maximum absolute atomic E-state index is 13.5. The van der Waals surface area contributed by atoms with Gasteiger partial charge in [-0.05, 0) is 102 Å². The number of anilines is 1. The number of nitrogens with one attached hydrogen (secondary N) is 1. The second-order valence-corrected chi connectivity index (χ2v) is 14.8. The Bertz CT molecular complexity index is 1840. The van der Waals surface area contributed by atoms with Crippen molar-refractivity contribution in [1.82, 2.24) is 19.7 Å². The van der Waals surface area contributed by atoms with Crippen LogP contribution in [0, 0.1) is 0 Å². The van der Waals surface area contributed by atoms with E-state index in [0.717, 1.165) is 21.6 Å². The molecule has 4 aromatic rings. The number of esters is 1. The molecule has 0 radical (unpaired) electrons. The first-order chi connectivity index (χ1) is 23.0. The van der Waals surface area contributed by atoms with Gasteiger partial charge < -0.3 is 14.2 Å². The number of carbonyl (C=O) groups is 2. The maximum Gasteiger partial charge on any atom is 0.416 e. The fourth-order valence-electron chi connectivity index (χ4n) is 4.69. The van der Waals surface area contributed by atoms with Gasteiger partial charge in [0, 0.05) is 18.5 Å². The highest BCUT2D eigenvalue weighted by Crippen LogP contribution is 2.27. The van der Waals surface area contributed by atoms with Gasteiger partial charge in [0.05, 0.1) is 18.3 Å². The third-order valence-electron chi connectivity index (χ3n) is 6.68. The van der Waals surface area contributed by atoms with Crippen molar-refractivity contribution >= 4 is 27.9 Å². The number of aromatic nitrogens is 3. The number of rotatable bonds is 12. The fraction of sp³-hybridized carbons (Fsp3) is 0.361. The van der Waals surface area contributed by atoms with E-state index >= 15 is 0 Å². The number of sulfonamides is 1. The normalized spacial score (nSPS) is 12.6. The number of hydrogen-bond donors (Lipinski definition) is 1. The van der Waals surface area contributed by atoms with Crippen molar-refractivity contribution in [2.75, 3.05) is 18.1 Å². The summed E-state index contributed by atoms with van der Waals surface area (Å²) in [6, 6.07) is 19.9. The Labute approximate surface area is 287 Å². The van der Waals surface area contributed by atoms with E-state index in [4.69, 9.17) is 14.2 Å². The molecule has 1 N–H and O–H groups in total.